The number of carboxylic acid groups (broad SMARTS) is 1. The summed E-state index contributed by atoms with van der Waals surface area (Å²) in [5.74, 6) is -0.264. The number of rotatable bonds is 5. The molecule has 1 heterocycles. The Kier molecular flexibility index (Phi) is 6.90. The normalized spacial score (nSPS) is 11.6. The van der Waals surface area contributed by atoms with Gasteiger partial charge in [-0.3, -0.25) is 4.99 Å². The smallest absolute Gasteiger partial charge is 0.336 e. The van der Waals surface area contributed by atoms with E-state index in [2.05, 4.69) is 23.3 Å². The summed E-state index contributed by atoms with van der Waals surface area (Å²) in [6.45, 7) is 9.59. The van der Waals surface area contributed by atoms with Crippen molar-refractivity contribution in [3.8, 4) is 22.5 Å². The van der Waals surface area contributed by atoms with Crippen molar-refractivity contribution in [2.75, 3.05) is 18.4 Å². The van der Waals surface area contributed by atoms with E-state index in [-0.39, 0.29) is 18.0 Å². The Balaban J connectivity index is 0.00000289. The molecular formula is C26H27ClN2O3. The van der Waals surface area contributed by atoms with Crippen LogP contribution < -0.4 is 10.7 Å². The van der Waals surface area contributed by atoms with E-state index < -0.39 is 5.97 Å². The second-order valence-corrected chi connectivity index (χ2v) is 7.63. The second-order valence-electron chi connectivity index (χ2n) is 7.63. The standard InChI is InChI=1S/C26H26N2O3.ClH/c1-5-27-21-13-23-19(11-15(21)3)25(17-9-7-8-10-18(17)26(29)30)20-12-16(4)22(28-6-2)14-24(20)31-23;/h7-14,27H,5-6H2,1-4H3,(H,29,30);1H/b28-22-;. The molecular weight excluding hydrogens is 424 g/mol. The van der Waals surface area contributed by atoms with Crippen LogP contribution in [0.4, 0.5) is 5.69 Å². The molecule has 4 rings (SSSR count). The van der Waals surface area contributed by atoms with Crippen molar-refractivity contribution in [3.05, 3.63) is 70.6 Å². The van der Waals surface area contributed by atoms with Crippen LogP contribution in [0.1, 0.15) is 35.3 Å². The minimum Gasteiger partial charge on any atom is -0.478 e. The number of hydrogen-bond acceptors (Lipinski definition) is 4. The number of anilines is 1. The highest BCUT2D eigenvalue weighted by Gasteiger charge is 2.22. The van der Waals surface area contributed by atoms with Gasteiger partial charge in [-0.05, 0) is 62.6 Å². The Morgan fingerprint density at radius 1 is 1.03 bits per heavy atom. The van der Waals surface area contributed by atoms with Gasteiger partial charge in [-0.25, -0.2) is 4.79 Å². The zero-order chi connectivity index (χ0) is 22.1. The predicted molar refractivity (Wildman–Crippen MR) is 132 cm³/mol. The molecule has 0 radical (unpaired) electrons. The molecule has 2 aromatic carbocycles. The topological polar surface area (TPSA) is 74.8 Å². The van der Waals surface area contributed by atoms with Gasteiger partial charge in [0.1, 0.15) is 11.3 Å². The van der Waals surface area contributed by atoms with E-state index in [1.165, 1.54) is 0 Å². The zero-order valence-corrected chi connectivity index (χ0v) is 19.5. The highest BCUT2D eigenvalue weighted by molar-refractivity contribution is 6.08. The van der Waals surface area contributed by atoms with Crippen molar-refractivity contribution in [1.82, 2.24) is 0 Å². The van der Waals surface area contributed by atoms with Crippen molar-refractivity contribution < 1.29 is 14.3 Å². The molecule has 6 heteroatoms. The molecule has 0 unspecified atom stereocenters. The first-order chi connectivity index (χ1) is 14.9. The quantitative estimate of drug-likeness (QED) is 0.350. The van der Waals surface area contributed by atoms with Crippen LogP contribution in [0.2, 0.25) is 0 Å². The SMILES string of the molecule is CC/N=c1/cc2oc3cc(NCC)c(C)cc3c(-c3ccccc3C(=O)O)c-2cc1C.Cl. The lowest BCUT2D eigenvalue weighted by Crippen LogP contribution is -2.09. The first-order valence-electron chi connectivity index (χ1n) is 10.5. The van der Waals surface area contributed by atoms with Crippen LogP contribution in [0.15, 0.2) is 57.9 Å². The maximum Gasteiger partial charge on any atom is 0.336 e. The summed E-state index contributed by atoms with van der Waals surface area (Å²) in [4.78, 5) is 16.6. The minimum atomic E-state index is -0.951. The van der Waals surface area contributed by atoms with E-state index >= 15 is 0 Å². The average Bonchev–Trinajstić information content (AvgIpc) is 2.74. The van der Waals surface area contributed by atoms with Gasteiger partial charge in [0.15, 0.2) is 0 Å². The van der Waals surface area contributed by atoms with Crippen molar-refractivity contribution in [3.63, 3.8) is 0 Å². The van der Waals surface area contributed by atoms with Crippen LogP contribution in [-0.2, 0) is 0 Å². The van der Waals surface area contributed by atoms with Gasteiger partial charge < -0.3 is 14.8 Å². The molecule has 2 aliphatic rings. The molecule has 1 aliphatic carbocycles. The number of nitrogens with zero attached hydrogens (tertiary/aromatic N) is 1. The number of carbonyl (C=O) groups is 1. The fourth-order valence-electron chi connectivity index (χ4n) is 4.09. The molecule has 0 atom stereocenters. The molecule has 32 heavy (non-hydrogen) atoms. The first-order valence-corrected chi connectivity index (χ1v) is 10.5. The number of carboxylic acids is 1. The molecule has 0 saturated heterocycles. The van der Waals surface area contributed by atoms with Crippen LogP contribution in [0, 0.1) is 13.8 Å². The highest BCUT2D eigenvalue weighted by Crippen LogP contribution is 2.42. The molecule has 166 valence electrons. The zero-order valence-electron chi connectivity index (χ0n) is 18.7. The summed E-state index contributed by atoms with van der Waals surface area (Å²) >= 11 is 0. The fourth-order valence-corrected chi connectivity index (χ4v) is 4.09. The summed E-state index contributed by atoms with van der Waals surface area (Å²) in [5.41, 5.74) is 6.50. The summed E-state index contributed by atoms with van der Waals surface area (Å²) in [7, 11) is 0. The predicted octanol–water partition coefficient (Wildman–Crippen LogP) is 6.29. The summed E-state index contributed by atoms with van der Waals surface area (Å²) < 4.78 is 6.35. The number of fused-ring (bicyclic) bond motifs is 2. The van der Waals surface area contributed by atoms with Gasteiger partial charge in [0, 0.05) is 47.4 Å². The molecule has 1 aliphatic heterocycles. The number of aryl methyl sites for hydroxylation is 2. The lowest BCUT2D eigenvalue weighted by Gasteiger charge is -2.19. The molecule has 0 aromatic heterocycles. The summed E-state index contributed by atoms with van der Waals surface area (Å²) in [6, 6.07) is 15.2. The third-order valence-corrected chi connectivity index (χ3v) is 5.51. The van der Waals surface area contributed by atoms with Crippen LogP contribution in [-0.4, -0.2) is 24.2 Å². The van der Waals surface area contributed by atoms with Gasteiger partial charge in [0.2, 0.25) is 0 Å². The van der Waals surface area contributed by atoms with Gasteiger partial charge >= 0.3 is 5.97 Å². The number of benzene rings is 3. The van der Waals surface area contributed by atoms with E-state index in [0.717, 1.165) is 45.2 Å². The highest BCUT2D eigenvalue weighted by atomic mass is 35.5. The Morgan fingerprint density at radius 3 is 2.47 bits per heavy atom. The maximum atomic E-state index is 12.0. The number of halogens is 1. The minimum absolute atomic E-state index is 0. The lowest BCUT2D eigenvalue weighted by molar-refractivity contribution is 0.0697. The molecule has 2 aromatic rings. The molecule has 0 saturated carbocycles. The number of nitrogens with one attached hydrogen (secondary N) is 1. The van der Waals surface area contributed by atoms with Crippen LogP contribution in [0.5, 0.6) is 0 Å². The third-order valence-electron chi connectivity index (χ3n) is 5.51. The van der Waals surface area contributed by atoms with E-state index in [1.807, 2.05) is 51.1 Å². The molecule has 0 amide bonds. The monoisotopic (exact) mass is 450 g/mol. The van der Waals surface area contributed by atoms with E-state index in [0.29, 0.717) is 23.5 Å². The second kappa shape index (κ2) is 9.45. The molecule has 0 spiro atoms. The van der Waals surface area contributed by atoms with Gasteiger partial charge in [-0.1, -0.05) is 18.2 Å². The largest absolute Gasteiger partial charge is 0.478 e. The van der Waals surface area contributed by atoms with E-state index in [9.17, 15) is 9.90 Å². The third kappa shape index (κ3) is 4.08. The van der Waals surface area contributed by atoms with Gasteiger partial charge in [0.05, 0.1) is 10.9 Å². The van der Waals surface area contributed by atoms with Crippen molar-refractivity contribution in [2.24, 2.45) is 4.99 Å². The van der Waals surface area contributed by atoms with Crippen molar-refractivity contribution >= 4 is 35.0 Å². The Labute approximate surface area is 193 Å². The lowest BCUT2D eigenvalue weighted by atomic mass is 9.89. The number of hydrogen-bond donors (Lipinski definition) is 2. The van der Waals surface area contributed by atoms with Crippen LogP contribution in [0.25, 0.3) is 33.4 Å². The summed E-state index contributed by atoms with van der Waals surface area (Å²) in [6.07, 6.45) is 0. The molecule has 0 fully saturated rings. The van der Waals surface area contributed by atoms with Crippen molar-refractivity contribution in [1.29, 1.82) is 0 Å². The maximum absolute atomic E-state index is 12.0. The molecule has 5 nitrogen and oxygen atoms in total. The molecule has 0 bridgehead atoms. The molecule has 2 N–H and O–H groups in total. The average molecular weight is 451 g/mol. The number of aromatic carboxylic acids is 1. The Hall–Kier alpha value is -3.31. The Morgan fingerprint density at radius 2 is 1.78 bits per heavy atom. The van der Waals surface area contributed by atoms with E-state index in [1.54, 1.807) is 12.1 Å². The van der Waals surface area contributed by atoms with Gasteiger partial charge in [0.25, 0.3) is 0 Å². The van der Waals surface area contributed by atoms with Crippen LogP contribution >= 0.6 is 12.4 Å². The fraction of sp³-hybridized carbons (Fsp3) is 0.231. The van der Waals surface area contributed by atoms with Gasteiger partial charge in [-0.15, -0.1) is 12.4 Å². The Bertz CT molecular complexity index is 1340. The first kappa shape index (κ1) is 23.4. The van der Waals surface area contributed by atoms with Crippen LogP contribution in [0.3, 0.4) is 0 Å². The van der Waals surface area contributed by atoms with Gasteiger partial charge in [-0.2, -0.15) is 0 Å². The van der Waals surface area contributed by atoms with Crippen molar-refractivity contribution in [2.45, 2.75) is 27.7 Å². The summed E-state index contributed by atoms with van der Waals surface area (Å²) in [5, 5.41) is 15.0. The van der Waals surface area contributed by atoms with E-state index in [4.69, 9.17) is 4.42 Å².